The standard InChI is InChI=1S/C13H21NO4/c1-3-11-9-10(2)12(18-11)13(16)14-5-4-7-17-8-6-15/h9,15H,3-8H2,1-2H3,(H,14,16). The van der Waals surface area contributed by atoms with Gasteiger partial charge in [-0.2, -0.15) is 0 Å². The van der Waals surface area contributed by atoms with E-state index in [1.165, 1.54) is 0 Å². The van der Waals surface area contributed by atoms with E-state index in [1.807, 2.05) is 19.9 Å². The summed E-state index contributed by atoms with van der Waals surface area (Å²) in [7, 11) is 0. The molecule has 0 saturated heterocycles. The van der Waals surface area contributed by atoms with Crippen LogP contribution < -0.4 is 5.32 Å². The number of carbonyl (C=O) groups is 1. The van der Waals surface area contributed by atoms with Crippen LogP contribution in [0.25, 0.3) is 0 Å². The summed E-state index contributed by atoms with van der Waals surface area (Å²) >= 11 is 0. The van der Waals surface area contributed by atoms with Gasteiger partial charge in [-0.1, -0.05) is 6.92 Å². The lowest BCUT2D eigenvalue weighted by Crippen LogP contribution is -2.25. The molecule has 18 heavy (non-hydrogen) atoms. The van der Waals surface area contributed by atoms with Crippen LogP contribution in [0.2, 0.25) is 0 Å². The first-order valence-corrected chi connectivity index (χ1v) is 6.25. The minimum atomic E-state index is -0.186. The summed E-state index contributed by atoms with van der Waals surface area (Å²) in [5, 5.41) is 11.3. The second-order valence-electron chi connectivity index (χ2n) is 4.02. The zero-order valence-electron chi connectivity index (χ0n) is 11.0. The van der Waals surface area contributed by atoms with Gasteiger partial charge >= 0.3 is 0 Å². The number of amides is 1. The molecule has 1 aromatic heterocycles. The molecule has 0 bridgehead atoms. The fourth-order valence-corrected chi connectivity index (χ4v) is 1.57. The van der Waals surface area contributed by atoms with Crippen LogP contribution in [0.15, 0.2) is 10.5 Å². The highest BCUT2D eigenvalue weighted by molar-refractivity contribution is 5.92. The number of aliphatic hydroxyl groups is 1. The van der Waals surface area contributed by atoms with Crippen LogP contribution >= 0.6 is 0 Å². The Morgan fingerprint density at radius 3 is 2.89 bits per heavy atom. The Hall–Kier alpha value is -1.33. The highest BCUT2D eigenvalue weighted by Crippen LogP contribution is 2.14. The van der Waals surface area contributed by atoms with Crippen molar-refractivity contribution < 1.29 is 19.1 Å². The monoisotopic (exact) mass is 255 g/mol. The van der Waals surface area contributed by atoms with E-state index in [9.17, 15) is 4.79 Å². The number of hydrogen-bond acceptors (Lipinski definition) is 4. The largest absolute Gasteiger partial charge is 0.456 e. The molecule has 102 valence electrons. The summed E-state index contributed by atoms with van der Waals surface area (Å²) in [5.74, 6) is 1.03. The third-order valence-corrected chi connectivity index (χ3v) is 2.51. The van der Waals surface area contributed by atoms with Crippen molar-refractivity contribution in [1.82, 2.24) is 5.32 Å². The van der Waals surface area contributed by atoms with Crippen LogP contribution in [0.1, 0.15) is 35.2 Å². The average Bonchev–Trinajstić information content (AvgIpc) is 2.75. The van der Waals surface area contributed by atoms with Crippen LogP contribution in [0.5, 0.6) is 0 Å². The smallest absolute Gasteiger partial charge is 0.287 e. The van der Waals surface area contributed by atoms with Gasteiger partial charge in [0.25, 0.3) is 5.91 Å². The van der Waals surface area contributed by atoms with E-state index in [0.717, 1.165) is 17.7 Å². The van der Waals surface area contributed by atoms with Gasteiger partial charge < -0.3 is 19.6 Å². The minimum absolute atomic E-state index is 0.0255. The molecule has 1 aromatic rings. The fourth-order valence-electron chi connectivity index (χ4n) is 1.57. The molecule has 0 aliphatic carbocycles. The molecule has 0 spiro atoms. The second kappa shape index (κ2) is 7.89. The summed E-state index contributed by atoms with van der Waals surface area (Å²) in [6.45, 7) is 5.27. The third-order valence-electron chi connectivity index (χ3n) is 2.51. The molecule has 5 nitrogen and oxygen atoms in total. The molecule has 1 rings (SSSR count). The van der Waals surface area contributed by atoms with Crippen molar-refractivity contribution in [3.05, 3.63) is 23.2 Å². The number of ether oxygens (including phenoxy) is 1. The molecule has 0 saturated carbocycles. The number of rotatable bonds is 8. The Morgan fingerprint density at radius 1 is 1.50 bits per heavy atom. The Kier molecular flexibility index (Phi) is 6.46. The fraction of sp³-hybridized carbons (Fsp3) is 0.615. The maximum atomic E-state index is 11.8. The van der Waals surface area contributed by atoms with Gasteiger partial charge in [0.05, 0.1) is 13.2 Å². The molecule has 1 amide bonds. The van der Waals surface area contributed by atoms with Crippen molar-refractivity contribution in [2.24, 2.45) is 0 Å². The first-order chi connectivity index (χ1) is 8.69. The molecule has 0 aliphatic rings. The molecule has 0 unspecified atom stereocenters. The predicted molar refractivity (Wildman–Crippen MR) is 67.7 cm³/mol. The van der Waals surface area contributed by atoms with E-state index >= 15 is 0 Å². The first kappa shape index (κ1) is 14.7. The number of aliphatic hydroxyl groups excluding tert-OH is 1. The summed E-state index contributed by atoms with van der Waals surface area (Å²) < 4.78 is 10.5. The van der Waals surface area contributed by atoms with E-state index < -0.39 is 0 Å². The minimum Gasteiger partial charge on any atom is -0.456 e. The van der Waals surface area contributed by atoms with E-state index in [4.69, 9.17) is 14.3 Å². The van der Waals surface area contributed by atoms with Gasteiger partial charge in [-0.15, -0.1) is 0 Å². The maximum Gasteiger partial charge on any atom is 0.287 e. The molecular weight excluding hydrogens is 234 g/mol. The van der Waals surface area contributed by atoms with Crippen molar-refractivity contribution in [2.75, 3.05) is 26.4 Å². The van der Waals surface area contributed by atoms with Crippen LogP contribution in [0.4, 0.5) is 0 Å². The van der Waals surface area contributed by atoms with E-state index in [0.29, 0.717) is 31.9 Å². The zero-order chi connectivity index (χ0) is 13.4. The Bertz CT molecular complexity index is 373. The molecule has 0 radical (unpaired) electrons. The number of nitrogens with one attached hydrogen (secondary N) is 1. The number of furan rings is 1. The van der Waals surface area contributed by atoms with Gasteiger partial charge in [0.1, 0.15) is 5.76 Å². The van der Waals surface area contributed by atoms with Crippen LogP contribution in [-0.4, -0.2) is 37.4 Å². The average molecular weight is 255 g/mol. The number of carbonyl (C=O) groups excluding carboxylic acids is 1. The SMILES string of the molecule is CCc1cc(C)c(C(=O)NCCCOCCO)o1. The van der Waals surface area contributed by atoms with Gasteiger partial charge in [-0.3, -0.25) is 4.79 Å². The van der Waals surface area contributed by atoms with Crippen LogP contribution in [-0.2, 0) is 11.2 Å². The molecule has 0 aliphatic heterocycles. The highest BCUT2D eigenvalue weighted by atomic mass is 16.5. The molecule has 0 fully saturated rings. The first-order valence-electron chi connectivity index (χ1n) is 6.25. The van der Waals surface area contributed by atoms with E-state index in [1.54, 1.807) is 0 Å². The lowest BCUT2D eigenvalue weighted by atomic mass is 10.2. The predicted octanol–water partition coefficient (Wildman–Crippen LogP) is 1.28. The van der Waals surface area contributed by atoms with Gasteiger partial charge in [0.2, 0.25) is 0 Å². The van der Waals surface area contributed by atoms with Gasteiger partial charge in [-0.05, 0) is 19.4 Å². The maximum absolute atomic E-state index is 11.8. The van der Waals surface area contributed by atoms with Crippen molar-refractivity contribution in [3.8, 4) is 0 Å². The van der Waals surface area contributed by atoms with Crippen molar-refractivity contribution in [2.45, 2.75) is 26.7 Å². The zero-order valence-corrected chi connectivity index (χ0v) is 11.0. The molecular formula is C13H21NO4. The van der Waals surface area contributed by atoms with Gasteiger partial charge in [0.15, 0.2) is 5.76 Å². The highest BCUT2D eigenvalue weighted by Gasteiger charge is 2.14. The second-order valence-corrected chi connectivity index (χ2v) is 4.02. The topological polar surface area (TPSA) is 71.7 Å². The van der Waals surface area contributed by atoms with E-state index in [2.05, 4.69) is 5.32 Å². The molecule has 0 aromatic carbocycles. The Labute approximate surface area is 107 Å². The number of hydrogen-bond donors (Lipinski definition) is 2. The number of aryl methyl sites for hydroxylation is 2. The van der Waals surface area contributed by atoms with Crippen molar-refractivity contribution in [1.29, 1.82) is 0 Å². The lowest BCUT2D eigenvalue weighted by molar-refractivity contribution is 0.0854. The normalized spacial score (nSPS) is 10.6. The molecule has 5 heteroatoms. The lowest BCUT2D eigenvalue weighted by Gasteiger charge is -2.04. The molecule has 2 N–H and O–H groups in total. The summed E-state index contributed by atoms with van der Waals surface area (Å²) in [4.78, 5) is 11.8. The van der Waals surface area contributed by atoms with Crippen molar-refractivity contribution >= 4 is 5.91 Å². The van der Waals surface area contributed by atoms with Crippen LogP contribution in [0.3, 0.4) is 0 Å². The summed E-state index contributed by atoms with van der Waals surface area (Å²) in [5.41, 5.74) is 0.862. The molecule has 0 atom stereocenters. The van der Waals surface area contributed by atoms with Crippen LogP contribution in [0, 0.1) is 6.92 Å². The Balaban J connectivity index is 2.29. The molecule has 1 heterocycles. The Morgan fingerprint density at radius 2 is 2.28 bits per heavy atom. The third kappa shape index (κ3) is 4.50. The van der Waals surface area contributed by atoms with Crippen molar-refractivity contribution in [3.63, 3.8) is 0 Å². The van der Waals surface area contributed by atoms with Gasteiger partial charge in [-0.25, -0.2) is 0 Å². The van der Waals surface area contributed by atoms with Gasteiger partial charge in [0, 0.05) is 25.1 Å². The quantitative estimate of drug-likeness (QED) is 0.686. The summed E-state index contributed by atoms with van der Waals surface area (Å²) in [6.07, 6.45) is 1.50. The van der Waals surface area contributed by atoms with E-state index in [-0.39, 0.29) is 12.5 Å². The summed E-state index contributed by atoms with van der Waals surface area (Å²) in [6, 6.07) is 1.89.